The standard InChI is InChI=1S/C16H16N4O2/c21-15-7-12-8-20(9-14(12)18-15)16(22)11-3-1-10(2-4-11)13-5-6-17-19-13/h1-6,12,14H,7-9H2,(H,17,19)(H,18,21)/t12-,14+/m0/s1. The van der Waals surface area contributed by atoms with Crippen LogP contribution in [0.5, 0.6) is 0 Å². The van der Waals surface area contributed by atoms with Crippen LogP contribution in [0.4, 0.5) is 0 Å². The Hall–Kier alpha value is -2.63. The van der Waals surface area contributed by atoms with E-state index in [0.29, 0.717) is 25.1 Å². The molecule has 3 heterocycles. The second kappa shape index (κ2) is 4.98. The second-order valence-corrected chi connectivity index (χ2v) is 5.90. The first kappa shape index (κ1) is 13.1. The van der Waals surface area contributed by atoms with E-state index in [4.69, 9.17) is 0 Å². The highest BCUT2D eigenvalue weighted by atomic mass is 16.2. The molecule has 1 aromatic heterocycles. The van der Waals surface area contributed by atoms with Gasteiger partial charge in [-0.25, -0.2) is 0 Å². The fourth-order valence-corrected chi connectivity index (χ4v) is 3.30. The molecule has 2 aliphatic heterocycles. The number of nitrogens with one attached hydrogen (secondary N) is 2. The van der Waals surface area contributed by atoms with Crippen LogP contribution in [0.3, 0.4) is 0 Å². The van der Waals surface area contributed by atoms with Crippen LogP contribution in [-0.4, -0.2) is 46.0 Å². The van der Waals surface area contributed by atoms with E-state index in [1.807, 2.05) is 35.2 Å². The maximum Gasteiger partial charge on any atom is 0.253 e. The van der Waals surface area contributed by atoms with Gasteiger partial charge in [0.2, 0.25) is 5.91 Å². The summed E-state index contributed by atoms with van der Waals surface area (Å²) in [5.41, 5.74) is 2.60. The number of hydrogen-bond donors (Lipinski definition) is 2. The molecule has 0 unspecified atom stereocenters. The van der Waals surface area contributed by atoms with Crippen LogP contribution >= 0.6 is 0 Å². The van der Waals surface area contributed by atoms with E-state index < -0.39 is 0 Å². The van der Waals surface area contributed by atoms with Crippen LogP contribution in [-0.2, 0) is 4.79 Å². The lowest BCUT2D eigenvalue weighted by molar-refractivity contribution is -0.119. The summed E-state index contributed by atoms with van der Waals surface area (Å²) in [6, 6.07) is 9.52. The molecule has 2 atom stereocenters. The zero-order valence-corrected chi connectivity index (χ0v) is 12.0. The molecule has 0 bridgehead atoms. The molecule has 2 aromatic rings. The van der Waals surface area contributed by atoms with Crippen molar-refractivity contribution in [2.24, 2.45) is 5.92 Å². The third-order valence-corrected chi connectivity index (χ3v) is 4.47. The molecular weight excluding hydrogens is 280 g/mol. The Balaban J connectivity index is 1.48. The fourth-order valence-electron chi connectivity index (χ4n) is 3.30. The van der Waals surface area contributed by atoms with Crippen LogP contribution in [0.1, 0.15) is 16.8 Å². The average Bonchev–Trinajstić information content (AvgIpc) is 3.22. The Kier molecular flexibility index (Phi) is 2.96. The summed E-state index contributed by atoms with van der Waals surface area (Å²) in [6.45, 7) is 1.27. The second-order valence-electron chi connectivity index (χ2n) is 5.90. The summed E-state index contributed by atoms with van der Waals surface area (Å²) in [6.07, 6.45) is 2.24. The molecule has 2 N–H and O–H groups in total. The number of benzene rings is 1. The van der Waals surface area contributed by atoms with Gasteiger partial charge in [0.15, 0.2) is 0 Å². The Morgan fingerprint density at radius 3 is 2.68 bits per heavy atom. The number of carbonyl (C=O) groups excluding carboxylic acids is 2. The van der Waals surface area contributed by atoms with Gasteiger partial charge in [-0.15, -0.1) is 0 Å². The number of aromatic amines is 1. The van der Waals surface area contributed by atoms with Crippen molar-refractivity contribution < 1.29 is 9.59 Å². The molecule has 4 rings (SSSR count). The highest BCUT2D eigenvalue weighted by Crippen LogP contribution is 2.27. The molecule has 0 spiro atoms. The maximum atomic E-state index is 12.6. The summed E-state index contributed by atoms with van der Waals surface area (Å²) in [4.78, 5) is 25.7. The van der Waals surface area contributed by atoms with Gasteiger partial charge in [-0.3, -0.25) is 14.7 Å². The molecule has 112 valence electrons. The third-order valence-electron chi connectivity index (χ3n) is 4.47. The maximum absolute atomic E-state index is 12.6. The van der Waals surface area contributed by atoms with E-state index in [0.717, 1.165) is 11.3 Å². The van der Waals surface area contributed by atoms with Gasteiger partial charge in [0, 0.05) is 37.2 Å². The van der Waals surface area contributed by atoms with Crippen LogP contribution in [0.15, 0.2) is 36.5 Å². The predicted octanol–water partition coefficient (Wildman–Crippen LogP) is 1.04. The first-order valence-corrected chi connectivity index (χ1v) is 7.39. The van der Waals surface area contributed by atoms with Gasteiger partial charge >= 0.3 is 0 Å². The van der Waals surface area contributed by atoms with Gasteiger partial charge in [0.1, 0.15) is 0 Å². The number of fused-ring (bicyclic) bond motifs is 1. The highest BCUT2D eigenvalue weighted by Gasteiger charge is 2.41. The quantitative estimate of drug-likeness (QED) is 0.869. The van der Waals surface area contributed by atoms with E-state index in [9.17, 15) is 9.59 Å². The molecule has 0 saturated carbocycles. The van der Waals surface area contributed by atoms with E-state index >= 15 is 0 Å². The van der Waals surface area contributed by atoms with E-state index in [2.05, 4.69) is 15.5 Å². The molecule has 22 heavy (non-hydrogen) atoms. The van der Waals surface area contributed by atoms with E-state index in [1.54, 1.807) is 6.20 Å². The third kappa shape index (κ3) is 2.16. The lowest BCUT2D eigenvalue weighted by Crippen LogP contribution is -2.35. The lowest BCUT2D eigenvalue weighted by Gasteiger charge is -2.17. The Morgan fingerprint density at radius 2 is 2.00 bits per heavy atom. The van der Waals surface area contributed by atoms with Gasteiger partial charge < -0.3 is 10.2 Å². The number of likely N-dealkylation sites (tertiary alicyclic amines) is 1. The van der Waals surface area contributed by atoms with Crippen LogP contribution in [0.25, 0.3) is 11.3 Å². The van der Waals surface area contributed by atoms with E-state index in [-0.39, 0.29) is 23.8 Å². The van der Waals surface area contributed by atoms with Gasteiger partial charge in [-0.2, -0.15) is 5.10 Å². The Morgan fingerprint density at radius 1 is 1.18 bits per heavy atom. The van der Waals surface area contributed by atoms with Gasteiger partial charge in [-0.05, 0) is 23.8 Å². The number of aromatic nitrogens is 2. The van der Waals surface area contributed by atoms with Crippen molar-refractivity contribution in [2.45, 2.75) is 12.5 Å². The summed E-state index contributed by atoms with van der Waals surface area (Å²) < 4.78 is 0. The SMILES string of the molecule is O=C1C[C@H]2CN(C(=O)c3ccc(-c4ccn[nH]4)cc3)C[C@H]2N1. The normalized spacial score (nSPS) is 23.5. The molecule has 2 aliphatic rings. The molecular formula is C16H16N4O2. The smallest absolute Gasteiger partial charge is 0.253 e. The van der Waals surface area contributed by atoms with Crippen molar-refractivity contribution in [1.82, 2.24) is 20.4 Å². The topological polar surface area (TPSA) is 78.1 Å². The number of H-pyrrole nitrogens is 1. The van der Waals surface area contributed by atoms with Crippen molar-refractivity contribution >= 4 is 11.8 Å². The van der Waals surface area contributed by atoms with E-state index in [1.165, 1.54) is 0 Å². The zero-order chi connectivity index (χ0) is 15.1. The minimum atomic E-state index is 0.0276. The first-order chi connectivity index (χ1) is 10.7. The molecule has 2 saturated heterocycles. The predicted molar refractivity (Wildman–Crippen MR) is 80.0 cm³/mol. The first-order valence-electron chi connectivity index (χ1n) is 7.39. The Bertz CT molecular complexity index is 692. The molecule has 0 aliphatic carbocycles. The lowest BCUT2D eigenvalue weighted by atomic mass is 10.1. The van der Waals surface area contributed by atoms with Crippen LogP contribution < -0.4 is 5.32 Å². The number of carbonyl (C=O) groups is 2. The number of nitrogens with zero attached hydrogens (tertiary/aromatic N) is 2. The minimum absolute atomic E-state index is 0.0276. The Labute approximate surface area is 127 Å². The molecule has 2 amide bonds. The fraction of sp³-hybridized carbons (Fsp3) is 0.312. The summed E-state index contributed by atoms with van der Waals surface area (Å²) in [7, 11) is 0. The van der Waals surface area contributed by atoms with Crippen molar-refractivity contribution in [3.8, 4) is 11.3 Å². The minimum Gasteiger partial charge on any atom is -0.351 e. The number of amides is 2. The molecule has 2 fully saturated rings. The number of hydrogen-bond acceptors (Lipinski definition) is 3. The highest BCUT2D eigenvalue weighted by molar-refractivity contribution is 5.95. The van der Waals surface area contributed by atoms with Crippen molar-refractivity contribution in [3.63, 3.8) is 0 Å². The molecule has 0 radical (unpaired) electrons. The van der Waals surface area contributed by atoms with Crippen molar-refractivity contribution in [2.75, 3.05) is 13.1 Å². The molecule has 6 heteroatoms. The average molecular weight is 296 g/mol. The van der Waals surface area contributed by atoms with Gasteiger partial charge in [0.05, 0.1) is 11.7 Å². The number of rotatable bonds is 2. The molecule has 6 nitrogen and oxygen atoms in total. The van der Waals surface area contributed by atoms with Crippen molar-refractivity contribution in [3.05, 3.63) is 42.1 Å². The largest absolute Gasteiger partial charge is 0.351 e. The summed E-state index contributed by atoms with van der Waals surface area (Å²) in [5, 5.41) is 9.76. The van der Waals surface area contributed by atoms with Crippen LogP contribution in [0, 0.1) is 5.92 Å². The summed E-state index contributed by atoms with van der Waals surface area (Å²) >= 11 is 0. The van der Waals surface area contributed by atoms with Gasteiger partial charge in [-0.1, -0.05) is 12.1 Å². The summed E-state index contributed by atoms with van der Waals surface area (Å²) in [5.74, 6) is 0.395. The van der Waals surface area contributed by atoms with Gasteiger partial charge in [0.25, 0.3) is 5.91 Å². The zero-order valence-electron chi connectivity index (χ0n) is 12.0. The van der Waals surface area contributed by atoms with Crippen LogP contribution in [0.2, 0.25) is 0 Å². The van der Waals surface area contributed by atoms with Crippen molar-refractivity contribution in [1.29, 1.82) is 0 Å². The monoisotopic (exact) mass is 296 g/mol. The molecule has 1 aromatic carbocycles.